The predicted molar refractivity (Wildman–Crippen MR) is 87.6 cm³/mol. The van der Waals surface area contributed by atoms with Crippen LogP contribution in [0.25, 0.3) is 0 Å². The van der Waals surface area contributed by atoms with Crippen LogP contribution in [0.5, 0.6) is 0 Å². The van der Waals surface area contributed by atoms with E-state index in [-0.39, 0.29) is 11.6 Å². The fourth-order valence-electron chi connectivity index (χ4n) is 3.37. The van der Waals surface area contributed by atoms with Gasteiger partial charge in [-0.3, -0.25) is 9.59 Å². The first kappa shape index (κ1) is 14.7. The third-order valence-electron chi connectivity index (χ3n) is 4.83. The third-order valence-corrected chi connectivity index (χ3v) is 4.83. The maximum atomic E-state index is 13.2. The zero-order chi connectivity index (χ0) is 16.1. The summed E-state index contributed by atoms with van der Waals surface area (Å²) in [6, 6.07) is 15.0. The fraction of sp³-hybridized carbons (Fsp3) is 0.300. The molecule has 112 valence electrons. The van der Waals surface area contributed by atoms with Gasteiger partial charge in [0.1, 0.15) is 0 Å². The molecule has 0 aliphatic heterocycles. The Labute approximate surface area is 131 Å². The molecule has 2 aromatic rings. The molecule has 0 amide bonds. The summed E-state index contributed by atoms with van der Waals surface area (Å²) in [6.07, 6.45) is 0. The molecule has 0 radical (unpaired) electrons. The van der Waals surface area contributed by atoms with E-state index in [4.69, 9.17) is 0 Å². The molecule has 0 bridgehead atoms. The largest absolute Gasteiger partial charge is 0.293 e. The molecule has 0 heterocycles. The van der Waals surface area contributed by atoms with Gasteiger partial charge in [-0.25, -0.2) is 0 Å². The average molecular weight is 292 g/mol. The highest BCUT2D eigenvalue weighted by Gasteiger charge is 2.43. The van der Waals surface area contributed by atoms with E-state index in [1.807, 2.05) is 76.2 Å². The molecule has 2 heteroatoms. The molecule has 0 unspecified atom stereocenters. The Kier molecular flexibility index (Phi) is 3.10. The standard InChI is InChI=1S/C20H20O2/c1-19(2)15-11-7-5-9-13(15)18(22)20(3,4)16-12-8-6-10-14(16)17(19)21/h5-12H,1-4H3. The van der Waals surface area contributed by atoms with Crippen LogP contribution in [0.4, 0.5) is 0 Å². The Morgan fingerprint density at radius 2 is 0.909 bits per heavy atom. The zero-order valence-electron chi connectivity index (χ0n) is 13.4. The molecule has 1 aliphatic carbocycles. The number of carbonyl (C=O) groups is 2. The van der Waals surface area contributed by atoms with Gasteiger partial charge < -0.3 is 0 Å². The van der Waals surface area contributed by atoms with Crippen LogP contribution in [0.2, 0.25) is 0 Å². The maximum Gasteiger partial charge on any atom is 0.173 e. The molecule has 0 spiro atoms. The van der Waals surface area contributed by atoms with Crippen LogP contribution in [-0.4, -0.2) is 11.6 Å². The molecule has 0 fully saturated rings. The summed E-state index contributed by atoms with van der Waals surface area (Å²) >= 11 is 0. The molecule has 0 N–H and O–H groups in total. The topological polar surface area (TPSA) is 34.1 Å². The van der Waals surface area contributed by atoms with Crippen LogP contribution in [0, 0.1) is 0 Å². The van der Waals surface area contributed by atoms with Gasteiger partial charge in [-0.05, 0) is 38.8 Å². The SMILES string of the molecule is CC1(C)C(=O)c2ccccc2C(C)(C)C(=O)c2ccccc21. The average Bonchev–Trinajstić information content (AvgIpc) is 2.52. The highest BCUT2D eigenvalue weighted by Crippen LogP contribution is 2.40. The van der Waals surface area contributed by atoms with E-state index in [9.17, 15) is 9.59 Å². The van der Waals surface area contributed by atoms with Crippen LogP contribution < -0.4 is 0 Å². The minimum atomic E-state index is -0.723. The second-order valence-corrected chi connectivity index (χ2v) is 7.00. The van der Waals surface area contributed by atoms with Crippen molar-refractivity contribution in [2.24, 2.45) is 0 Å². The number of carbonyl (C=O) groups excluding carboxylic acids is 2. The van der Waals surface area contributed by atoms with Crippen molar-refractivity contribution < 1.29 is 9.59 Å². The molecule has 0 saturated carbocycles. The number of benzene rings is 2. The Morgan fingerprint density at radius 3 is 1.27 bits per heavy atom. The van der Waals surface area contributed by atoms with E-state index in [1.54, 1.807) is 0 Å². The molecule has 2 aromatic carbocycles. The molecule has 22 heavy (non-hydrogen) atoms. The summed E-state index contributed by atoms with van der Waals surface area (Å²) in [5.74, 6) is 0.132. The van der Waals surface area contributed by atoms with Crippen molar-refractivity contribution in [3.05, 3.63) is 70.8 Å². The number of fused-ring (bicyclic) bond motifs is 2. The Bertz CT molecular complexity index is 714. The summed E-state index contributed by atoms with van der Waals surface area (Å²) in [6.45, 7) is 7.60. The highest BCUT2D eigenvalue weighted by molar-refractivity contribution is 6.13. The van der Waals surface area contributed by atoms with Gasteiger partial charge >= 0.3 is 0 Å². The van der Waals surface area contributed by atoms with Gasteiger partial charge in [-0.15, -0.1) is 0 Å². The van der Waals surface area contributed by atoms with Crippen LogP contribution in [0.15, 0.2) is 48.5 Å². The zero-order valence-corrected chi connectivity index (χ0v) is 13.4. The monoisotopic (exact) mass is 292 g/mol. The summed E-state index contributed by atoms with van der Waals surface area (Å²) < 4.78 is 0. The van der Waals surface area contributed by atoms with Crippen LogP contribution in [0.3, 0.4) is 0 Å². The summed E-state index contributed by atoms with van der Waals surface area (Å²) in [5.41, 5.74) is 1.48. The quantitative estimate of drug-likeness (QED) is 0.724. The van der Waals surface area contributed by atoms with Gasteiger partial charge in [-0.2, -0.15) is 0 Å². The lowest BCUT2D eigenvalue weighted by atomic mass is 9.65. The fourth-order valence-corrected chi connectivity index (χ4v) is 3.37. The lowest BCUT2D eigenvalue weighted by Crippen LogP contribution is -2.40. The molecular weight excluding hydrogens is 272 g/mol. The van der Waals surface area contributed by atoms with Crippen molar-refractivity contribution in [2.45, 2.75) is 38.5 Å². The highest BCUT2D eigenvalue weighted by atomic mass is 16.1. The van der Waals surface area contributed by atoms with Gasteiger partial charge in [0.05, 0.1) is 10.8 Å². The van der Waals surface area contributed by atoms with Gasteiger partial charge in [-0.1, -0.05) is 48.5 Å². The van der Waals surface area contributed by atoms with E-state index >= 15 is 0 Å². The second kappa shape index (κ2) is 4.64. The summed E-state index contributed by atoms with van der Waals surface area (Å²) in [7, 11) is 0. The predicted octanol–water partition coefficient (Wildman–Crippen LogP) is 4.32. The summed E-state index contributed by atoms with van der Waals surface area (Å²) in [4.78, 5) is 26.3. The molecule has 0 atom stereocenters. The van der Waals surface area contributed by atoms with Gasteiger partial charge in [0.2, 0.25) is 0 Å². The Hall–Kier alpha value is -2.22. The van der Waals surface area contributed by atoms with Crippen molar-refractivity contribution in [3.8, 4) is 0 Å². The van der Waals surface area contributed by atoms with Crippen molar-refractivity contribution in [1.29, 1.82) is 0 Å². The van der Waals surface area contributed by atoms with Crippen LogP contribution in [-0.2, 0) is 10.8 Å². The van der Waals surface area contributed by atoms with E-state index in [0.29, 0.717) is 11.1 Å². The van der Waals surface area contributed by atoms with E-state index in [1.165, 1.54) is 0 Å². The first-order valence-corrected chi connectivity index (χ1v) is 7.56. The number of ketones is 2. The molecule has 2 nitrogen and oxygen atoms in total. The number of hydrogen-bond acceptors (Lipinski definition) is 2. The van der Waals surface area contributed by atoms with E-state index in [0.717, 1.165) is 11.1 Å². The number of rotatable bonds is 0. The minimum absolute atomic E-state index is 0.0659. The molecule has 0 aromatic heterocycles. The van der Waals surface area contributed by atoms with Crippen molar-refractivity contribution in [1.82, 2.24) is 0 Å². The second-order valence-electron chi connectivity index (χ2n) is 7.00. The Morgan fingerprint density at radius 1 is 0.591 bits per heavy atom. The van der Waals surface area contributed by atoms with Crippen molar-refractivity contribution in [3.63, 3.8) is 0 Å². The van der Waals surface area contributed by atoms with Crippen LogP contribution in [0.1, 0.15) is 59.5 Å². The molecule has 1 aliphatic rings. The lowest BCUT2D eigenvalue weighted by molar-refractivity contribution is 0.0872. The van der Waals surface area contributed by atoms with E-state index < -0.39 is 10.8 Å². The molecular formula is C20H20O2. The first-order valence-electron chi connectivity index (χ1n) is 7.56. The molecule has 0 saturated heterocycles. The lowest BCUT2D eigenvalue weighted by Gasteiger charge is -2.35. The number of hydrogen-bond donors (Lipinski definition) is 0. The van der Waals surface area contributed by atoms with Gasteiger partial charge in [0, 0.05) is 11.1 Å². The third kappa shape index (κ3) is 1.87. The van der Waals surface area contributed by atoms with E-state index in [2.05, 4.69) is 0 Å². The molecule has 3 rings (SSSR count). The normalized spacial score (nSPS) is 18.9. The number of Topliss-reactive ketones (excluding diaryl/α,β-unsaturated/α-hetero) is 2. The van der Waals surface area contributed by atoms with Crippen molar-refractivity contribution >= 4 is 11.6 Å². The minimum Gasteiger partial charge on any atom is -0.293 e. The van der Waals surface area contributed by atoms with Gasteiger partial charge in [0.15, 0.2) is 11.6 Å². The maximum absolute atomic E-state index is 13.2. The Balaban J connectivity index is 2.41. The first-order chi connectivity index (χ1) is 10.3. The van der Waals surface area contributed by atoms with Crippen LogP contribution >= 0.6 is 0 Å². The summed E-state index contributed by atoms with van der Waals surface area (Å²) in [5, 5.41) is 0. The van der Waals surface area contributed by atoms with Crippen molar-refractivity contribution in [2.75, 3.05) is 0 Å². The smallest absolute Gasteiger partial charge is 0.173 e. The van der Waals surface area contributed by atoms with Gasteiger partial charge in [0.25, 0.3) is 0 Å².